The number of halogens is 2. The maximum Gasteiger partial charge on any atom is 0.319 e. The molecule has 2 N–H and O–H groups in total. The number of pyridine rings is 1. The Kier molecular flexibility index (Phi) is 9.79. The van der Waals surface area contributed by atoms with E-state index in [2.05, 4.69) is 73.1 Å². The molecular formula is C46H50F2N8O3. The molecule has 2 aromatic heterocycles. The van der Waals surface area contributed by atoms with E-state index in [1.807, 2.05) is 0 Å². The van der Waals surface area contributed by atoms with Gasteiger partial charge in [-0.15, -0.1) is 6.42 Å². The van der Waals surface area contributed by atoms with Gasteiger partial charge in [-0.1, -0.05) is 18.1 Å². The molecule has 5 aliphatic rings. The van der Waals surface area contributed by atoms with Crippen LogP contribution < -0.4 is 19.7 Å². The normalized spacial score (nSPS) is 21.3. The highest BCUT2D eigenvalue weighted by atomic mass is 19.1. The summed E-state index contributed by atoms with van der Waals surface area (Å²) in [5.41, 5.74) is 2.88. The standard InChI is InChI=1S/C46H50F2N8O3/c1-4-36-39(47)10-6-29-15-34(57)17-37(40(29)36)42-41(48)43-38(18-49-42)44(56-24-32-7-8-33(25-56)50-32)52-45(51-43)59-27-46(11-12-46)26-55-20-28(21-55)19-53(2)13-14-58-35-9-5-30-22-54(3)23-31(30)16-35/h1,5-6,9-10,15-18,28,32-33,50,57H,7-8,11-14,19-27H2,2-3H3. The summed E-state index contributed by atoms with van der Waals surface area (Å²) in [5, 5.41) is 15.5. The largest absolute Gasteiger partial charge is 0.508 e. The third kappa shape index (κ3) is 7.52. The second-order valence-electron chi connectivity index (χ2n) is 17.8. The molecule has 3 saturated heterocycles. The van der Waals surface area contributed by atoms with Crippen molar-refractivity contribution >= 4 is 27.5 Å². The smallest absolute Gasteiger partial charge is 0.319 e. The number of aromatic hydroxyl groups is 1. The van der Waals surface area contributed by atoms with Crippen LogP contribution in [0, 0.1) is 35.3 Å². The summed E-state index contributed by atoms with van der Waals surface area (Å²) in [6, 6.07) is 12.8. The number of piperazine rings is 1. The molecule has 59 heavy (non-hydrogen) atoms. The number of rotatable bonds is 13. The van der Waals surface area contributed by atoms with Crippen LogP contribution in [0.1, 0.15) is 42.4 Å². The first-order valence-corrected chi connectivity index (χ1v) is 20.9. The minimum absolute atomic E-state index is 0.000138. The minimum Gasteiger partial charge on any atom is -0.508 e. The monoisotopic (exact) mass is 800 g/mol. The Labute approximate surface area is 343 Å². The van der Waals surface area contributed by atoms with E-state index in [1.165, 1.54) is 35.4 Å². The van der Waals surface area contributed by atoms with Crippen molar-refractivity contribution in [3.05, 3.63) is 77.0 Å². The third-order valence-electron chi connectivity index (χ3n) is 13.0. The van der Waals surface area contributed by atoms with Crippen LogP contribution in [-0.2, 0) is 13.1 Å². The number of fused-ring (bicyclic) bond motifs is 5. The van der Waals surface area contributed by atoms with Gasteiger partial charge in [0.2, 0.25) is 0 Å². The summed E-state index contributed by atoms with van der Waals surface area (Å²) < 4.78 is 44.5. The molecule has 2 atom stereocenters. The number of hydrogen-bond acceptors (Lipinski definition) is 11. The van der Waals surface area contributed by atoms with Gasteiger partial charge in [-0.2, -0.15) is 9.97 Å². The Hall–Kier alpha value is -5.13. The summed E-state index contributed by atoms with van der Waals surface area (Å²) in [6.07, 6.45) is 11.6. The predicted octanol–water partition coefficient (Wildman–Crippen LogP) is 5.80. The van der Waals surface area contributed by atoms with Crippen molar-refractivity contribution in [3.8, 4) is 41.1 Å². The fraction of sp³-hybridized carbons (Fsp3) is 0.457. The van der Waals surface area contributed by atoms with Gasteiger partial charge in [-0.25, -0.2) is 8.78 Å². The zero-order chi connectivity index (χ0) is 40.4. The van der Waals surface area contributed by atoms with Crippen LogP contribution >= 0.6 is 0 Å². The average molecular weight is 801 g/mol. The van der Waals surface area contributed by atoms with Crippen LogP contribution in [0.2, 0.25) is 0 Å². The first-order chi connectivity index (χ1) is 28.6. The lowest BCUT2D eigenvalue weighted by atomic mass is 9.96. The zero-order valence-corrected chi connectivity index (χ0v) is 33.7. The van der Waals surface area contributed by atoms with Crippen LogP contribution in [0.25, 0.3) is 32.9 Å². The van der Waals surface area contributed by atoms with Crippen molar-refractivity contribution < 1.29 is 23.4 Å². The number of benzene rings is 3. The minimum atomic E-state index is -0.714. The molecule has 0 amide bonds. The molecule has 11 nitrogen and oxygen atoms in total. The Balaban J connectivity index is 0.827. The van der Waals surface area contributed by atoms with Crippen molar-refractivity contribution in [1.82, 2.24) is 35.0 Å². The van der Waals surface area contributed by atoms with Crippen molar-refractivity contribution in [2.75, 3.05) is 78.0 Å². The fourth-order valence-electron chi connectivity index (χ4n) is 9.86. The molecule has 306 valence electrons. The average Bonchev–Trinajstić information content (AvgIpc) is 3.75. The number of ether oxygens (including phenoxy) is 2. The SMILES string of the molecule is C#Cc1c(F)ccc2cc(O)cc(-c3ncc4c(N5CC6CCC(C5)N6)nc(OCC5(CN6CC(CN(C)CCOc7ccc8c(c7)CN(C)C8)C6)CC5)nc4c3F)c12. The van der Waals surface area contributed by atoms with E-state index in [0.717, 1.165) is 90.3 Å². The lowest BCUT2D eigenvalue weighted by Crippen LogP contribution is -2.53. The van der Waals surface area contributed by atoms with E-state index in [0.29, 0.717) is 53.2 Å². The van der Waals surface area contributed by atoms with Crippen molar-refractivity contribution in [1.29, 1.82) is 0 Å². The molecule has 1 aliphatic carbocycles. The van der Waals surface area contributed by atoms with E-state index in [-0.39, 0.29) is 39.5 Å². The number of phenols is 1. The van der Waals surface area contributed by atoms with E-state index >= 15 is 4.39 Å². The number of hydrogen-bond donors (Lipinski definition) is 2. The molecule has 1 saturated carbocycles. The third-order valence-corrected chi connectivity index (χ3v) is 13.0. The molecule has 3 aromatic carbocycles. The maximum atomic E-state index is 17.0. The molecule has 4 fully saturated rings. The number of nitrogens with one attached hydrogen (secondary N) is 1. The van der Waals surface area contributed by atoms with Crippen LogP contribution in [0.4, 0.5) is 14.6 Å². The molecule has 0 spiro atoms. The van der Waals surface area contributed by atoms with Gasteiger partial charge in [0.15, 0.2) is 5.82 Å². The van der Waals surface area contributed by atoms with Crippen LogP contribution in [0.15, 0.2) is 48.7 Å². The molecule has 13 heteroatoms. The van der Waals surface area contributed by atoms with Gasteiger partial charge in [-0.05, 0) is 92.5 Å². The maximum absolute atomic E-state index is 17.0. The molecule has 4 aliphatic heterocycles. The van der Waals surface area contributed by atoms with Crippen molar-refractivity contribution in [2.24, 2.45) is 11.3 Å². The van der Waals surface area contributed by atoms with Crippen LogP contribution in [0.3, 0.4) is 0 Å². The summed E-state index contributed by atoms with van der Waals surface area (Å²) in [4.78, 5) is 23.6. The van der Waals surface area contributed by atoms with Gasteiger partial charge in [0.05, 0.1) is 17.6 Å². The first kappa shape index (κ1) is 38.1. The predicted molar refractivity (Wildman–Crippen MR) is 224 cm³/mol. The van der Waals surface area contributed by atoms with E-state index in [4.69, 9.17) is 20.9 Å². The lowest BCUT2D eigenvalue weighted by molar-refractivity contribution is 0.0418. The van der Waals surface area contributed by atoms with Gasteiger partial charge in [0, 0.05) is 93.5 Å². The Morgan fingerprint density at radius 2 is 1.80 bits per heavy atom. The molecular weight excluding hydrogens is 751 g/mol. The summed E-state index contributed by atoms with van der Waals surface area (Å²) >= 11 is 0. The Morgan fingerprint density at radius 3 is 2.58 bits per heavy atom. The lowest BCUT2D eigenvalue weighted by Gasteiger charge is -2.42. The summed E-state index contributed by atoms with van der Waals surface area (Å²) in [6.45, 7) is 9.46. The highest BCUT2D eigenvalue weighted by molar-refractivity contribution is 6.03. The highest BCUT2D eigenvalue weighted by Crippen LogP contribution is 2.48. The van der Waals surface area contributed by atoms with Crippen LogP contribution in [-0.4, -0.2) is 120 Å². The molecule has 5 aromatic rings. The van der Waals surface area contributed by atoms with Crippen LogP contribution in [0.5, 0.6) is 17.5 Å². The molecule has 2 unspecified atom stereocenters. The fourth-order valence-corrected chi connectivity index (χ4v) is 9.86. The van der Waals surface area contributed by atoms with E-state index < -0.39 is 11.6 Å². The van der Waals surface area contributed by atoms with Gasteiger partial charge >= 0.3 is 6.01 Å². The second kappa shape index (κ2) is 15.2. The Bertz CT molecular complexity index is 2470. The van der Waals surface area contributed by atoms with E-state index in [1.54, 1.807) is 6.20 Å². The molecule has 2 bridgehead atoms. The number of likely N-dealkylation sites (N-methyl/N-ethyl adjacent to an activating group) is 1. The van der Waals surface area contributed by atoms with E-state index in [9.17, 15) is 9.50 Å². The molecule has 10 rings (SSSR count). The van der Waals surface area contributed by atoms with Crippen molar-refractivity contribution in [2.45, 2.75) is 50.9 Å². The summed E-state index contributed by atoms with van der Waals surface area (Å²) in [7, 11) is 4.32. The van der Waals surface area contributed by atoms with Gasteiger partial charge in [0.1, 0.15) is 41.0 Å². The number of nitrogens with zero attached hydrogens (tertiary/aromatic N) is 7. The van der Waals surface area contributed by atoms with Crippen molar-refractivity contribution in [3.63, 3.8) is 0 Å². The number of terminal acetylenes is 1. The highest BCUT2D eigenvalue weighted by Gasteiger charge is 2.47. The number of anilines is 1. The quantitative estimate of drug-likeness (QED) is 0.142. The Morgan fingerprint density at radius 1 is 1.00 bits per heavy atom. The number of phenolic OH excluding ortho intramolecular Hbond substituents is 1. The second-order valence-corrected chi connectivity index (χ2v) is 17.8. The first-order valence-electron chi connectivity index (χ1n) is 20.9. The van der Waals surface area contributed by atoms with Gasteiger partial charge in [-0.3, -0.25) is 9.88 Å². The van der Waals surface area contributed by atoms with Gasteiger partial charge in [0.25, 0.3) is 0 Å². The van der Waals surface area contributed by atoms with Gasteiger partial charge < -0.3 is 34.6 Å². The number of aromatic nitrogens is 3. The molecule has 0 radical (unpaired) electrons. The zero-order valence-electron chi connectivity index (χ0n) is 33.7. The summed E-state index contributed by atoms with van der Waals surface area (Å²) in [5.74, 6) is 3.11. The number of likely N-dealkylation sites (tertiary alicyclic amines) is 1. The topological polar surface area (TPSA) is 102 Å². The molecule has 6 heterocycles.